The van der Waals surface area contributed by atoms with Gasteiger partial charge in [-0.25, -0.2) is 9.59 Å². The van der Waals surface area contributed by atoms with E-state index >= 15 is 0 Å². The van der Waals surface area contributed by atoms with Crippen molar-refractivity contribution in [2.45, 2.75) is 39.5 Å². The second-order valence-electron chi connectivity index (χ2n) is 9.29. The summed E-state index contributed by atoms with van der Waals surface area (Å²) in [6, 6.07) is 28.2. The maximum absolute atomic E-state index is 13.4. The molecule has 4 rings (SSSR count). The molecule has 0 aliphatic heterocycles. The fourth-order valence-electron chi connectivity index (χ4n) is 4.23. The van der Waals surface area contributed by atoms with Crippen molar-refractivity contribution in [1.82, 2.24) is 0 Å². The summed E-state index contributed by atoms with van der Waals surface area (Å²) in [5.74, 6) is -1.28. The molecule has 0 unspecified atom stereocenters. The Bertz CT molecular complexity index is 1390. The van der Waals surface area contributed by atoms with Crippen LogP contribution >= 0.6 is 23.2 Å². The first-order valence-corrected chi connectivity index (χ1v) is 14.0. The lowest BCUT2D eigenvalue weighted by atomic mass is 10.1. The third kappa shape index (κ3) is 7.20. The molecule has 40 heavy (non-hydrogen) atoms. The minimum Gasteiger partial charge on any atom is -0.418 e. The summed E-state index contributed by atoms with van der Waals surface area (Å²) < 4.78 is 12.0. The predicted molar refractivity (Wildman–Crippen MR) is 161 cm³/mol. The molecule has 6 heteroatoms. The lowest BCUT2D eigenvalue weighted by Crippen LogP contribution is -2.12. The Morgan fingerprint density at radius 1 is 0.550 bits per heavy atom. The Hall–Kier alpha value is -3.86. The third-order valence-electron chi connectivity index (χ3n) is 6.29. The Morgan fingerprint density at radius 2 is 0.900 bits per heavy atom. The summed E-state index contributed by atoms with van der Waals surface area (Å²) in [5, 5.41) is 0.626. The minimum atomic E-state index is -0.623. The van der Waals surface area contributed by atoms with E-state index in [4.69, 9.17) is 32.7 Å². The van der Waals surface area contributed by atoms with Crippen molar-refractivity contribution in [1.29, 1.82) is 0 Å². The molecule has 0 saturated heterocycles. The Labute approximate surface area is 245 Å². The van der Waals surface area contributed by atoms with Gasteiger partial charge in [-0.05, 0) is 72.5 Å². The monoisotopic (exact) mass is 572 g/mol. The van der Waals surface area contributed by atoms with Gasteiger partial charge in [0.05, 0.1) is 21.2 Å². The summed E-state index contributed by atoms with van der Waals surface area (Å²) in [5.41, 5.74) is 3.69. The Balaban J connectivity index is 1.82. The summed E-state index contributed by atoms with van der Waals surface area (Å²) in [6.07, 6.45) is 3.81. The highest BCUT2D eigenvalue weighted by Gasteiger charge is 2.25. The smallest absolute Gasteiger partial charge is 0.343 e. The van der Waals surface area contributed by atoms with E-state index in [2.05, 4.69) is 13.8 Å². The molecule has 0 heterocycles. The van der Waals surface area contributed by atoms with Crippen molar-refractivity contribution in [3.05, 3.63) is 140 Å². The zero-order chi connectivity index (χ0) is 28.5. The molecule has 0 saturated carbocycles. The zero-order valence-corrected chi connectivity index (χ0v) is 24.0. The summed E-state index contributed by atoms with van der Waals surface area (Å²) in [7, 11) is 0. The van der Waals surface area contributed by atoms with E-state index in [1.54, 1.807) is 72.8 Å². The molecule has 0 aromatic heterocycles. The van der Waals surface area contributed by atoms with Crippen LogP contribution in [0.2, 0.25) is 10.0 Å². The average Bonchev–Trinajstić information content (AvgIpc) is 2.97. The van der Waals surface area contributed by atoms with Crippen molar-refractivity contribution in [3.63, 3.8) is 0 Å². The topological polar surface area (TPSA) is 52.6 Å². The van der Waals surface area contributed by atoms with E-state index in [1.165, 1.54) is 0 Å². The van der Waals surface area contributed by atoms with Gasteiger partial charge < -0.3 is 9.47 Å². The molecule has 4 aromatic rings. The number of hydrogen-bond donors (Lipinski definition) is 0. The molecular weight excluding hydrogens is 543 g/mol. The maximum atomic E-state index is 13.4. The van der Waals surface area contributed by atoms with Crippen LogP contribution in [-0.2, 0) is 22.3 Å². The van der Waals surface area contributed by atoms with Crippen LogP contribution in [-0.4, -0.2) is 11.9 Å². The molecular formula is C34H30Cl2O4. The Kier molecular flexibility index (Phi) is 10.2. The van der Waals surface area contributed by atoms with Gasteiger partial charge in [0.1, 0.15) is 0 Å². The van der Waals surface area contributed by atoms with Crippen LogP contribution in [0.15, 0.2) is 97.1 Å². The number of carbonyl (C=O) groups is 2. The van der Waals surface area contributed by atoms with Crippen LogP contribution in [0.4, 0.5) is 0 Å². The number of carbonyl (C=O) groups excluding carboxylic acids is 2. The molecule has 0 N–H and O–H groups in total. The molecule has 4 aromatic carbocycles. The molecule has 0 radical (unpaired) electrons. The molecule has 0 bridgehead atoms. The van der Waals surface area contributed by atoms with Crippen LogP contribution in [0.1, 0.15) is 69.7 Å². The quantitative estimate of drug-likeness (QED) is 0.108. The molecule has 0 aliphatic rings. The molecule has 0 atom stereocenters. The SMILES string of the molecule is CCCc1ccc(C(=O)OC(=C(OC(=O)c2ccc(CCC)cc2)c2ccccc2Cl)c2ccccc2Cl)cc1. The standard InChI is InChI=1S/C34H30Cl2O4/c1-3-9-23-15-19-25(20-16-23)33(37)39-31(27-11-5-7-13-29(27)35)32(28-12-6-8-14-30(28)36)40-34(38)26-21-17-24(10-4-2)18-22-26/h5-8,11-22H,3-4,9-10H2,1-2H3. The molecule has 4 nitrogen and oxygen atoms in total. The van der Waals surface area contributed by atoms with Gasteiger partial charge in [0.2, 0.25) is 0 Å². The highest BCUT2D eigenvalue weighted by atomic mass is 35.5. The van der Waals surface area contributed by atoms with Crippen LogP contribution in [0.25, 0.3) is 11.5 Å². The van der Waals surface area contributed by atoms with Crippen LogP contribution in [0.5, 0.6) is 0 Å². The van der Waals surface area contributed by atoms with Gasteiger partial charge in [-0.15, -0.1) is 0 Å². The van der Waals surface area contributed by atoms with Crippen molar-refractivity contribution >= 4 is 46.7 Å². The number of ether oxygens (including phenoxy) is 2. The van der Waals surface area contributed by atoms with Crippen molar-refractivity contribution in [3.8, 4) is 0 Å². The average molecular weight is 574 g/mol. The van der Waals surface area contributed by atoms with Gasteiger partial charge in [-0.3, -0.25) is 0 Å². The van der Waals surface area contributed by atoms with E-state index < -0.39 is 11.9 Å². The number of benzene rings is 4. The summed E-state index contributed by atoms with van der Waals surface area (Å²) in [6.45, 7) is 4.19. The van der Waals surface area contributed by atoms with Crippen LogP contribution in [0, 0.1) is 0 Å². The normalized spacial score (nSPS) is 11.5. The lowest BCUT2D eigenvalue weighted by molar-refractivity contribution is 0.0647. The van der Waals surface area contributed by atoms with Crippen molar-refractivity contribution < 1.29 is 19.1 Å². The van der Waals surface area contributed by atoms with Gasteiger partial charge in [0, 0.05) is 11.1 Å². The first-order valence-electron chi connectivity index (χ1n) is 13.3. The van der Waals surface area contributed by atoms with E-state index in [0.717, 1.165) is 36.8 Å². The van der Waals surface area contributed by atoms with E-state index in [0.29, 0.717) is 32.3 Å². The minimum absolute atomic E-state index is 0.0164. The van der Waals surface area contributed by atoms with Gasteiger partial charge >= 0.3 is 11.9 Å². The molecule has 0 fully saturated rings. The van der Waals surface area contributed by atoms with E-state index in [9.17, 15) is 9.59 Å². The van der Waals surface area contributed by atoms with Crippen LogP contribution < -0.4 is 0 Å². The van der Waals surface area contributed by atoms with Crippen molar-refractivity contribution in [2.75, 3.05) is 0 Å². The number of rotatable bonds is 10. The maximum Gasteiger partial charge on any atom is 0.343 e. The van der Waals surface area contributed by atoms with Crippen molar-refractivity contribution in [2.24, 2.45) is 0 Å². The lowest BCUT2D eigenvalue weighted by Gasteiger charge is -2.18. The van der Waals surface area contributed by atoms with Crippen LogP contribution in [0.3, 0.4) is 0 Å². The highest BCUT2D eigenvalue weighted by molar-refractivity contribution is 6.33. The van der Waals surface area contributed by atoms with Gasteiger partial charge in [0.15, 0.2) is 11.5 Å². The summed E-state index contributed by atoms with van der Waals surface area (Å²) in [4.78, 5) is 26.8. The molecule has 0 aliphatic carbocycles. The second kappa shape index (κ2) is 14.0. The zero-order valence-electron chi connectivity index (χ0n) is 22.5. The molecule has 0 spiro atoms. The van der Waals surface area contributed by atoms with Gasteiger partial charge in [0.25, 0.3) is 0 Å². The largest absolute Gasteiger partial charge is 0.418 e. The number of esters is 2. The number of hydrogen-bond acceptors (Lipinski definition) is 4. The first-order chi connectivity index (χ1) is 19.4. The van der Waals surface area contributed by atoms with E-state index in [-0.39, 0.29) is 11.5 Å². The van der Waals surface area contributed by atoms with Gasteiger partial charge in [-0.2, -0.15) is 0 Å². The number of aryl methyl sites for hydroxylation is 2. The number of halogens is 2. The first kappa shape index (κ1) is 29.1. The second-order valence-corrected chi connectivity index (χ2v) is 10.1. The predicted octanol–water partition coefficient (Wildman–Crippen LogP) is 9.44. The Morgan fingerprint density at radius 3 is 1.23 bits per heavy atom. The highest BCUT2D eigenvalue weighted by Crippen LogP contribution is 2.36. The van der Waals surface area contributed by atoms with Gasteiger partial charge in [-0.1, -0.05) is 98.4 Å². The molecule has 0 amide bonds. The molecule has 204 valence electrons. The summed E-state index contributed by atoms with van der Waals surface area (Å²) >= 11 is 13.2. The van der Waals surface area contributed by atoms with E-state index in [1.807, 2.05) is 24.3 Å². The third-order valence-corrected chi connectivity index (χ3v) is 6.95. The fourth-order valence-corrected chi connectivity index (χ4v) is 4.68. The fraction of sp³-hybridized carbons (Fsp3) is 0.176.